The highest BCUT2D eigenvalue weighted by atomic mass is 35.5. The van der Waals surface area contributed by atoms with Crippen molar-refractivity contribution in [3.8, 4) is 0 Å². The molecule has 1 aromatic rings. The highest BCUT2D eigenvalue weighted by Gasteiger charge is 2.34. The predicted octanol–water partition coefficient (Wildman–Crippen LogP) is 1.26. The number of ether oxygens (including phenoxy) is 2. The fourth-order valence-electron chi connectivity index (χ4n) is 2.21. The van der Waals surface area contributed by atoms with E-state index in [1.165, 1.54) is 20.0 Å². The summed E-state index contributed by atoms with van der Waals surface area (Å²) in [6.45, 7) is 2.18. The fourth-order valence-corrected chi connectivity index (χ4v) is 2.39. The molecule has 1 aromatic heterocycles. The third kappa shape index (κ3) is 3.11. The maximum atomic E-state index is 12.1. The van der Waals surface area contributed by atoms with E-state index in [0.29, 0.717) is 5.56 Å². The molecule has 0 saturated carbocycles. The molecule has 8 nitrogen and oxygen atoms in total. The molecule has 23 heavy (non-hydrogen) atoms. The first-order chi connectivity index (χ1) is 10.7. The van der Waals surface area contributed by atoms with Gasteiger partial charge < -0.3 is 20.2 Å². The average Bonchev–Trinajstić information content (AvgIpc) is 2.91. The number of carbonyl (C=O) groups excluding carboxylic acids is 3. The van der Waals surface area contributed by atoms with Crippen molar-refractivity contribution < 1.29 is 23.9 Å². The molecule has 9 heteroatoms. The monoisotopic (exact) mass is 339 g/mol. The van der Waals surface area contributed by atoms with Crippen molar-refractivity contribution in [2.45, 2.75) is 20.0 Å². The van der Waals surface area contributed by atoms with Gasteiger partial charge in [-0.2, -0.15) is 0 Å². The summed E-state index contributed by atoms with van der Waals surface area (Å²) in [6, 6.07) is 0. The van der Waals surface area contributed by atoms with E-state index in [1.54, 1.807) is 0 Å². The minimum absolute atomic E-state index is 0.0162. The first-order valence-corrected chi connectivity index (χ1v) is 6.92. The van der Waals surface area contributed by atoms with Crippen LogP contribution in [0.5, 0.6) is 0 Å². The van der Waals surface area contributed by atoms with Crippen LogP contribution in [-0.4, -0.2) is 35.0 Å². The van der Waals surface area contributed by atoms with Crippen molar-refractivity contribution in [1.82, 2.24) is 4.98 Å². The molecule has 0 amide bonds. The fraction of sp³-hybridized carbons (Fsp3) is 0.286. The number of hydrogen-bond donors (Lipinski definition) is 3. The minimum Gasteiger partial charge on any atom is -0.462 e. The Bertz CT molecular complexity index is 750. The number of rotatable bonds is 4. The molecular weight excluding hydrogens is 326 g/mol. The topological polar surface area (TPSA) is 135 Å². The Kier molecular flexibility index (Phi) is 4.55. The third-order valence-electron chi connectivity index (χ3n) is 3.18. The Morgan fingerprint density at radius 1 is 1.39 bits per heavy atom. The Morgan fingerprint density at radius 3 is 2.61 bits per heavy atom. The molecule has 1 heterocycles. The number of halogens is 1. The third-order valence-corrected chi connectivity index (χ3v) is 3.58. The van der Waals surface area contributed by atoms with Crippen molar-refractivity contribution >= 4 is 40.7 Å². The van der Waals surface area contributed by atoms with E-state index in [4.69, 9.17) is 32.2 Å². The number of aromatic nitrogens is 1. The van der Waals surface area contributed by atoms with E-state index in [2.05, 4.69) is 4.98 Å². The SMILES string of the molecule is CC(=O)OCC(OC(C)=O)c1c[nH]c2c1C(N)=C(Cl)C(=N)C2=O. The summed E-state index contributed by atoms with van der Waals surface area (Å²) in [5, 5.41) is 7.45. The van der Waals surface area contributed by atoms with Crippen molar-refractivity contribution in [2.24, 2.45) is 5.73 Å². The van der Waals surface area contributed by atoms with E-state index in [9.17, 15) is 14.4 Å². The molecule has 0 fully saturated rings. The van der Waals surface area contributed by atoms with Crippen LogP contribution in [0.15, 0.2) is 11.2 Å². The quantitative estimate of drug-likeness (QED) is 0.707. The lowest BCUT2D eigenvalue weighted by atomic mass is 9.94. The van der Waals surface area contributed by atoms with Crippen LogP contribution in [0.4, 0.5) is 0 Å². The second-order valence-corrected chi connectivity index (χ2v) is 5.20. The lowest BCUT2D eigenvalue weighted by Crippen LogP contribution is -2.25. The number of fused-ring (bicyclic) bond motifs is 1. The number of hydrogen-bond acceptors (Lipinski definition) is 7. The first-order valence-electron chi connectivity index (χ1n) is 6.55. The van der Waals surface area contributed by atoms with Gasteiger partial charge in [-0.05, 0) is 0 Å². The number of esters is 2. The summed E-state index contributed by atoms with van der Waals surface area (Å²) in [4.78, 5) is 37.1. The minimum atomic E-state index is -0.959. The Balaban J connectivity index is 2.50. The number of ketones is 1. The van der Waals surface area contributed by atoms with Crippen LogP contribution in [0.1, 0.15) is 41.6 Å². The number of nitrogens with two attached hydrogens (primary N) is 1. The first kappa shape index (κ1) is 16.8. The second kappa shape index (κ2) is 6.25. The van der Waals surface area contributed by atoms with E-state index < -0.39 is 29.5 Å². The van der Waals surface area contributed by atoms with Gasteiger partial charge in [0.1, 0.15) is 12.3 Å². The smallest absolute Gasteiger partial charge is 0.303 e. The molecule has 0 aliphatic heterocycles. The van der Waals surface area contributed by atoms with Gasteiger partial charge in [-0.1, -0.05) is 11.6 Å². The number of aromatic amines is 1. The summed E-state index contributed by atoms with van der Waals surface area (Å²) < 4.78 is 10.0. The van der Waals surface area contributed by atoms with E-state index in [1.807, 2.05) is 0 Å². The largest absolute Gasteiger partial charge is 0.462 e. The van der Waals surface area contributed by atoms with Gasteiger partial charge in [-0.3, -0.25) is 19.8 Å². The zero-order valence-corrected chi connectivity index (χ0v) is 13.1. The Labute approximate surface area is 136 Å². The predicted molar refractivity (Wildman–Crippen MR) is 81.0 cm³/mol. The molecular formula is C14H14ClN3O5. The van der Waals surface area contributed by atoms with Crippen molar-refractivity contribution in [3.63, 3.8) is 0 Å². The van der Waals surface area contributed by atoms with Gasteiger partial charge in [0.2, 0.25) is 5.78 Å². The summed E-state index contributed by atoms with van der Waals surface area (Å²) in [5.41, 5.74) is 6.15. The molecule has 1 aliphatic carbocycles. The normalized spacial score (nSPS) is 15.3. The number of carbonyl (C=O) groups is 3. The van der Waals surface area contributed by atoms with Gasteiger partial charge in [0, 0.05) is 31.2 Å². The van der Waals surface area contributed by atoms with E-state index >= 15 is 0 Å². The summed E-state index contributed by atoms with van der Waals surface area (Å²) in [5.74, 6) is -1.77. The summed E-state index contributed by atoms with van der Waals surface area (Å²) in [6.07, 6.45) is 0.453. The Morgan fingerprint density at radius 2 is 2.04 bits per heavy atom. The van der Waals surface area contributed by atoms with Gasteiger partial charge in [-0.25, -0.2) is 0 Å². The number of Topliss-reactive ketones (excluding diaryl/α,β-unsaturated/α-hetero) is 1. The molecule has 2 rings (SSSR count). The lowest BCUT2D eigenvalue weighted by molar-refractivity contribution is -0.156. The number of H-pyrrole nitrogens is 1. The lowest BCUT2D eigenvalue weighted by Gasteiger charge is -2.20. The summed E-state index contributed by atoms with van der Waals surface area (Å²) >= 11 is 5.91. The van der Waals surface area contributed by atoms with Gasteiger partial charge in [0.15, 0.2) is 6.10 Å². The molecule has 0 aromatic carbocycles. The van der Waals surface area contributed by atoms with E-state index in [0.717, 1.165) is 0 Å². The molecule has 1 aliphatic rings. The molecule has 122 valence electrons. The van der Waals surface area contributed by atoms with Crippen LogP contribution in [0.2, 0.25) is 0 Å². The van der Waals surface area contributed by atoms with Gasteiger partial charge >= 0.3 is 11.9 Å². The van der Waals surface area contributed by atoms with Crippen molar-refractivity contribution in [1.29, 1.82) is 5.41 Å². The zero-order valence-electron chi connectivity index (χ0n) is 12.4. The molecule has 0 spiro atoms. The van der Waals surface area contributed by atoms with Gasteiger partial charge in [0.25, 0.3) is 0 Å². The molecule has 4 N–H and O–H groups in total. The maximum Gasteiger partial charge on any atom is 0.303 e. The van der Waals surface area contributed by atoms with Crippen LogP contribution >= 0.6 is 11.6 Å². The van der Waals surface area contributed by atoms with Crippen LogP contribution in [0.3, 0.4) is 0 Å². The molecule has 1 unspecified atom stereocenters. The van der Waals surface area contributed by atoms with Gasteiger partial charge in [-0.15, -0.1) is 0 Å². The second-order valence-electron chi connectivity index (χ2n) is 4.83. The van der Waals surface area contributed by atoms with Crippen LogP contribution in [0, 0.1) is 5.41 Å². The maximum absolute atomic E-state index is 12.1. The summed E-state index contributed by atoms with van der Waals surface area (Å²) in [7, 11) is 0. The van der Waals surface area contributed by atoms with Gasteiger partial charge in [0.05, 0.1) is 16.4 Å². The zero-order chi connectivity index (χ0) is 17.3. The molecule has 0 radical (unpaired) electrons. The highest BCUT2D eigenvalue weighted by molar-refractivity contribution is 6.64. The van der Waals surface area contributed by atoms with Crippen LogP contribution < -0.4 is 5.73 Å². The van der Waals surface area contributed by atoms with E-state index in [-0.39, 0.29) is 28.6 Å². The molecule has 0 saturated heterocycles. The van der Waals surface area contributed by atoms with Crippen LogP contribution in [0.25, 0.3) is 5.70 Å². The average molecular weight is 340 g/mol. The standard InChI is InChI=1S/C14H14ClN3O5/c1-5(19)22-4-8(23-6(2)20)7-3-18-13-9(7)11(16)10(15)12(17)14(13)21/h3,8,17-18H,4,16H2,1-2H3. The molecule has 0 bridgehead atoms. The highest BCUT2D eigenvalue weighted by Crippen LogP contribution is 2.34. The molecule has 1 atom stereocenters. The Hall–Kier alpha value is -2.61. The van der Waals surface area contributed by atoms with Crippen LogP contribution in [-0.2, 0) is 19.1 Å². The van der Waals surface area contributed by atoms with Crippen molar-refractivity contribution in [2.75, 3.05) is 6.61 Å². The van der Waals surface area contributed by atoms with Crippen molar-refractivity contribution in [3.05, 3.63) is 28.0 Å². The number of nitrogens with one attached hydrogen (secondary N) is 2. The number of allylic oxidation sites excluding steroid dienone is 1.